The van der Waals surface area contributed by atoms with Gasteiger partial charge in [-0.25, -0.2) is 0 Å². The zero-order valence-electron chi connectivity index (χ0n) is 24.7. The van der Waals surface area contributed by atoms with Crippen molar-refractivity contribution in [2.24, 2.45) is 0 Å². The minimum Gasteiger partial charge on any atom is -0.456 e. The molecule has 0 saturated heterocycles. The van der Waals surface area contributed by atoms with Crippen LogP contribution in [0.2, 0.25) is 5.02 Å². The van der Waals surface area contributed by atoms with E-state index >= 15 is 0 Å². The van der Waals surface area contributed by atoms with Crippen molar-refractivity contribution in [3.8, 4) is 22.3 Å². The Morgan fingerprint density at radius 2 is 0.891 bits per heavy atom. The highest BCUT2D eigenvalue weighted by atomic mass is 35.5. The van der Waals surface area contributed by atoms with Gasteiger partial charge in [-0.05, 0) is 85.5 Å². The van der Waals surface area contributed by atoms with Crippen LogP contribution in [0.25, 0.3) is 44.2 Å². The van der Waals surface area contributed by atoms with Crippen LogP contribution in [0.5, 0.6) is 0 Å². The molecule has 0 radical (unpaired) electrons. The number of hydrogen-bond donors (Lipinski definition) is 0. The average molecular weight is 605 g/mol. The van der Waals surface area contributed by atoms with E-state index in [4.69, 9.17) is 16.0 Å². The van der Waals surface area contributed by atoms with Gasteiger partial charge in [0.25, 0.3) is 0 Å². The Bertz CT molecular complexity index is 2530. The van der Waals surface area contributed by atoms with E-state index in [2.05, 4.69) is 146 Å². The van der Waals surface area contributed by atoms with Crippen molar-refractivity contribution >= 4 is 33.5 Å². The second-order valence-corrected chi connectivity index (χ2v) is 13.3. The number of rotatable bonds is 0. The Balaban J connectivity index is 1.39. The van der Waals surface area contributed by atoms with Crippen LogP contribution < -0.4 is 0 Å². The maximum absolute atomic E-state index is 6.94. The summed E-state index contributed by atoms with van der Waals surface area (Å²) in [7, 11) is 0. The number of hydrogen-bond acceptors (Lipinski definition) is 1. The van der Waals surface area contributed by atoms with E-state index in [1.165, 1.54) is 66.8 Å². The molecule has 0 unspecified atom stereocenters. The quantitative estimate of drug-likeness (QED) is 0.168. The van der Waals surface area contributed by atoms with E-state index in [9.17, 15) is 0 Å². The Hall–Kier alpha value is -5.37. The predicted molar refractivity (Wildman–Crippen MR) is 187 cm³/mol. The third-order valence-electron chi connectivity index (χ3n) is 11.0. The van der Waals surface area contributed by atoms with Gasteiger partial charge in [0.1, 0.15) is 11.2 Å². The van der Waals surface area contributed by atoms with Crippen molar-refractivity contribution in [2.75, 3.05) is 0 Å². The van der Waals surface area contributed by atoms with Gasteiger partial charge in [0.15, 0.2) is 0 Å². The zero-order valence-corrected chi connectivity index (χ0v) is 25.5. The van der Waals surface area contributed by atoms with Crippen LogP contribution in [-0.4, -0.2) is 0 Å². The van der Waals surface area contributed by atoms with E-state index in [0.717, 1.165) is 27.0 Å². The van der Waals surface area contributed by atoms with Gasteiger partial charge in [-0.2, -0.15) is 0 Å². The minimum absolute atomic E-state index is 0.477. The molecule has 2 spiro atoms. The van der Waals surface area contributed by atoms with Crippen LogP contribution in [0.4, 0.5) is 0 Å². The maximum atomic E-state index is 6.94. The predicted octanol–water partition coefficient (Wildman–Crippen LogP) is 11.3. The normalized spacial score (nSPS) is 15.4. The van der Waals surface area contributed by atoms with Crippen LogP contribution >= 0.6 is 11.6 Å². The topological polar surface area (TPSA) is 13.1 Å². The number of fused-ring (bicyclic) bond motifs is 20. The van der Waals surface area contributed by atoms with Gasteiger partial charge >= 0.3 is 0 Å². The van der Waals surface area contributed by atoms with Crippen molar-refractivity contribution in [1.82, 2.24) is 0 Å². The molecule has 0 aliphatic heterocycles. The molecule has 46 heavy (non-hydrogen) atoms. The molecule has 0 amide bonds. The minimum atomic E-state index is -0.645. The molecule has 11 rings (SSSR count). The summed E-state index contributed by atoms with van der Waals surface area (Å²) in [5, 5.41) is 3.01. The summed E-state index contributed by atoms with van der Waals surface area (Å²) in [5.74, 6) is 0. The molecule has 2 heteroatoms. The van der Waals surface area contributed by atoms with Crippen LogP contribution in [0, 0.1) is 0 Å². The highest BCUT2D eigenvalue weighted by Gasteiger charge is 2.59. The average Bonchev–Trinajstić information content (AvgIpc) is 3.73. The van der Waals surface area contributed by atoms with E-state index in [-0.39, 0.29) is 0 Å². The Labute approximate surface area is 271 Å². The fraction of sp³-hybridized carbons (Fsp3) is 0.0455. The molecular weight excluding hydrogens is 580 g/mol. The van der Waals surface area contributed by atoms with Gasteiger partial charge in [-0.1, -0.05) is 139 Å². The lowest BCUT2D eigenvalue weighted by Crippen LogP contribution is -2.43. The Kier molecular flexibility index (Phi) is 4.58. The standard InChI is InChI=1S/C44H25ClO/c45-26-21-22-29-31-23-24-32-30-13-3-10-20-40(30)46-42(32)41(31)44(39(29)25-26)37-18-8-6-16-35(37)43(36-17-7-9-19-38(36)44)33-14-4-1-11-27(33)28-12-2-5-15-34(28)43/h1-25H. The molecule has 214 valence electrons. The lowest BCUT2D eigenvalue weighted by molar-refractivity contribution is 0.614. The highest BCUT2D eigenvalue weighted by Crippen LogP contribution is 2.68. The largest absolute Gasteiger partial charge is 0.456 e. The molecular formula is C44H25ClO. The maximum Gasteiger partial charge on any atom is 0.140 e. The van der Waals surface area contributed by atoms with E-state index < -0.39 is 10.8 Å². The van der Waals surface area contributed by atoms with Crippen molar-refractivity contribution in [3.63, 3.8) is 0 Å². The first-order valence-corrected chi connectivity index (χ1v) is 16.3. The van der Waals surface area contributed by atoms with E-state index in [1.807, 2.05) is 6.07 Å². The third-order valence-corrected chi connectivity index (χ3v) is 11.3. The molecule has 1 heterocycles. The van der Waals surface area contributed by atoms with Gasteiger partial charge < -0.3 is 4.42 Å². The summed E-state index contributed by atoms with van der Waals surface area (Å²) in [4.78, 5) is 0. The molecule has 0 saturated carbocycles. The first-order valence-electron chi connectivity index (χ1n) is 15.9. The lowest BCUT2D eigenvalue weighted by Gasteiger charge is -2.48. The van der Waals surface area contributed by atoms with E-state index in [0.29, 0.717) is 0 Å². The van der Waals surface area contributed by atoms with Crippen LogP contribution in [-0.2, 0) is 10.8 Å². The summed E-state index contributed by atoms with van der Waals surface area (Å²) in [5.41, 5.74) is 16.0. The number of halogens is 1. The Morgan fingerprint density at radius 1 is 0.391 bits per heavy atom. The first-order chi connectivity index (χ1) is 22.7. The highest BCUT2D eigenvalue weighted by molar-refractivity contribution is 6.31. The summed E-state index contributed by atoms with van der Waals surface area (Å²) in [6, 6.07) is 55.6. The third kappa shape index (κ3) is 2.65. The number of benzene rings is 7. The first kappa shape index (κ1) is 24.9. The molecule has 8 aromatic rings. The summed E-state index contributed by atoms with van der Waals surface area (Å²) in [6.07, 6.45) is 0. The van der Waals surface area contributed by atoms with Crippen LogP contribution in [0.15, 0.2) is 156 Å². The van der Waals surface area contributed by atoms with Gasteiger partial charge in [0.05, 0.1) is 10.8 Å². The zero-order chi connectivity index (χ0) is 30.2. The monoisotopic (exact) mass is 604 g/mol. The molecule has 0 bridgehead atoms. The smallest absolute Gasteiger partial charge is 0.140 e. The molecule has 7 aromatic carbocycles. The van der Waals surface area contributed by atoms with Gasteiger partial charge in [0, 0.05) is 21.4 Å². The van der Waals surface area contributed by atoms with Crippen LogP contribution in [0.1, 0.15) is 44.5 Å². The van der Waals surface area contributed by atoms with Crippen molar-refractivity contribution in [3.05, 3.63) is 201 Å². The molecule has 1 nitrogen and oxygen atoms in total. The second kappa shape index (κ2) is 8.46. The van der Waals surface area contributed by atoms with Crippen molar-refractivity contribution in [2.45, 2.75) is 10.8 Å². The van der Waals surface area contributed by atoms with Gasteiger partial charge in [-0.15, -0.1) is 0 Å². The second-order valence-electron chi connectivity index (χ2n) is 12.8. The van der Waals surface area contributed by atoms with Gasteiger partial charge in [-0.3, -0.25) is 0 Å². The van der Waals surface area contributed by atoms with Crippen molar-refractivity contribution < 1.29 is 4.42 Å². The van der Waals surface area contributed by atoms with Gasteiger partial charge in [0.2, 0.25) is 0 Å². The fourth-order valence-corrected chi connectivity index (χ4v) is 9.69. The molecule has 0 N–H and O–H groups in total. The summed E-state index contributed by atoms with van der Waals surface area (Å²) >= 11 is 6.94. The van der Waals surface area contributed by atoms with Crippen molar-refractivity contribution in [1.29, 1.82) is 0 Å². The lowest BCUT2D eigenvalue weighted by atomic mass is 9.52. The number of furan rings is 1. The Morgan fingerprint density at radius 3 is 1.54 bits per heavy atom. The summed E-state index contributed by atoms with van der Waals surface area (Å²) < 4.78 is 6.91. The molecule has 0 atom stereocenters. The molecule has 3 aliphatic carbocycles. The summed E-state index contributed by atoms with van der Waals surface area (Å²) in [6.45, 7) is 0. The number of para-hydroxylation sites is 1. The SMILES string of the molecule is Clc1ccc2c(c1)C1(c3ccccc3C3(c4ccccc4-c4ccccc43)c3ccccc31)c1c-2ccc2c1oc1ccccc12. The molecule has 1 aromatic heterocycles. The molecule has 3 aliphatic rings. The fourth-order valence-electron chi connectivity index (χ4n) is 9.52. The molecule has 0 fully saturated rings. The van der Waals surface area contributed by atoms with Crippen LogP contribution in [0.3, 0.4) is 0 Å². The van der Waals surface area contributed by atoms with E-state index in [1.54, 1.807) is 0 Å².